The number of carbonyl (C=O) groups is 1. The quantitative estimate of drug-likeness (QED) is 0.656. The van der Waals surface area contributed by atoms with E-state index in [1.165, 1.54) is 0 Å². The molecule has 2 heterocycles. The highest BCUT2D eigenvalue weighted by molar-refractivity contribution is 6.44. The zero-order valence-corrected chi connectivity index (χ0v) is 16.8. The maximum absolute atomic E-state index is 13.1. The summed E-state index contributed by atoms with van der Waals surface area (Å²) in [6, 6.07) is 10.7. The van der Waals surface area contributed by atoms with Crippen molar-refractivity contribution in [1.82, 2.24) is 0 Å². The zero-order valence-electron chi connectivity index (χ0n) is 15.2. The van der Waals surface area contributed by atoms with E-state index >= 15 is 0 Å². The van der Waals surface area contributed by atoms with Crippen LogP contribution in [0.5, 0.6) is 11.5 Å². The summed E-state index contributed by atoms with van der Waals surface area (Å²) in [7, 11) is 1.61. The SMILES string of the molecule is COc1ccc(OCCCN2C(=O)C3(OCCO3)c3ccc(Cl)c(Cl)c32)cc1. The van der Waals surface area contributed by atoms with Crippen LogP contribution in [0.15, 0.2) is 36.4 Å². The average Bonchev–Trinajstić information content (AvgIpc) is 3.29. The lowest BCUT2D eigenvalue weighted by molar-refractivity contribution is -0.180. The molecule has 28 heavy (non-hydrogen) atoms. The molecule has 1 fully saturated rings. The maximum Gasteiger partial charge on any atom is 0.292 e. The van der Waals surface area contributed by atoms with Gasteiger partial charge in [0.2, 0.25) is 0 Å². The lowest BCUT2D eigenvalue weighted by Gasteiger charge is -2.22. The van der Waals surface area contributed by atoms with Gasteiger partial charge < -0.3 is 23.8 Å². The van der Waals surface area contributed by atoms with Crippen LogP contribution in [0, 0.1) is 0 Å². The van der Waals surface area contributed by atoms with Crippen molar-refractivity contribution in [3.05, 3.63) is 52.0 Å². The minimum atomic E-state index is -1.42. The van der Waals surface area contributed by atoms with Crippen molar-refractivity contribution in [1.29, 1.82) is 0 Å². The van der Waals surface area contributed by atoms with Gasteiger partial charge in [0.05, 0.1) is 42.7 Å². The summed E-state index contributed by atoms with van der Waals surface area (Å²) in [5.41, 5.74) is 1.14. The number of hydrogen-bond donors (Lipinski definition) is 0. The van der Waals surface area contributed by atoms with E-state index < -0.39 is 5.79 Å². The summed E-state index contributed by atoms with van der Waals surface area (Å²) in [6.07, 6.45) is 0.593. The highest BCUT2D eigenvalue weighted by atomic mass is 35.5. The van der Waals surface area contributed by atoms with Crippen LogP contribution in [0.3, 0.4) is 0 Å². The van der Waals surface area contributed by atoms with Crippen LogP contribution >= 0.6 is 23.2 Å². The molecule has 0 bridgehead atoms. The monoisotopic (exact) mass is 423 g/mol. The van der Waals surface area contributed by atoms with Crippen LogP contribution < -0.4 is 14.4 Å². The molecule has 2 aliphatic heterocycles. The third kappa shape index (κ3) is 3.20. The molecule has 0 aliphatic carbocycles. The van der Waals surface area contributed by atoms with Crippen LogP contribution in [-0.2, 0) is 20.1 Å². The molecule has 2 aromatic rings. The van der Waals surface area contributed by atoms with Crippen molar-refractivity contribution < 1.29 is 23.7 Å². The number of methoxy groups -OCH3 is 1. The Bertz CT molecular complexity index is 881. The van der Waals surface area contributed by atoms with Gasteiger partial charge in [-0.1, -0.05) is 23.2 Å². The van der Waals surface area contributed by atoms with E-state index in [1.54, 1.807) is 24.1 Å². The van der Waals surface area contributed by atoms with Gasteiger partial charge in [-0.2, -0.15) is 0 Å². The Balaban J connectivity index is 1.47. The molecule has 1 spiro atoms. The second-order valence-corrected chi connectivity index (χ2v) is 7.19. The van der Waals surface area contributed by atoms with Crippen molar-refractivity contribution in [2.75, 3.05) is 38.4 Å². The molecular weight excluding hydrogens is 405 g/mol. The molecular formula is C20H19Cl2NO5. The fourth-order valence-corrected chi connectivity index (χ4v) is 3.87. The topological polar surface area (TPSA) is 57.2 Å². The molecule has 4 rings (SSSR count). The lowest BCUT2D eigenvalue weighted by Crippen LogP contribution is -2.41. The Morgan fingerprint density at radius 3 is 2.43 bits per heavy atom. The molecule has 2 aliphatic rings. The highest BCUT2D eigenvalue weighted by Gasteiger charge is 2.56. The van der Waals surface area contributed by atoms with Crippen molar-refractivity contribution >= 4 is 34.8 Å². The van der Waals surface area contributed by atoms with E-state index in [9.17, 15) is 4.79 Å². The Morgan fingerprint density at radius 1 is 1.07 bits per heavy atom. The van der Waals surface area contributed by atoms with Crippen LogP contribution in [0.1, 0.15) is 12.0 Å². The summed E-state index contributed by atoms with van der Waals surface area (Å²) in [5, 5.41) is 0.697. The van der Waals surface area contributed by atoms with E-state index in [2.05, 4.69) is 0 Å². The Hall–Kier alpha value is -1.99. The highest BCUT2D eigenvalue weighted by Crippen LogP contribution is 2.50. The van der Waals surface area contributed by atoms with Crippen LogP contribution in [-0.4, -0.2) is 39.4 Å². The molecule has 6 nitrogen and oxygen atoms in total. The Morgan fingerprint density at radius 2 is 1.75 bits per heavy atom. The number of rotatable bonds is 6. The molecule has 0 atom stereocenters. The average molecular weight is 424 g/mol. The van der Waals surface area contributed by atoms with E-state index in [1.807, 2.05) is 24.3 Å². The predicted molar refractivity (Wildman–Crippen MR) is 106 cm³/mol. The number of anilines is 1. The largest absolute Gasteiger partial charge is 0.497 e. The predicted octanol–water partition coefficient (Wildman–Crippen LogP) is 4.02. The summed E-state index contributed by atoms with van der Waals surface area (Å²) in [5.74, 6) is -0.206. The summed E-state index contributed by atoms with van der Waals surface area (Å²) in [6.45, 7) is 1.52. The molecule has 0 radical (unpaired) electrons. The first-order valence-corrected chi connectivity index (χ1v) is 9.67. The van der Waals surface area contributed by atoms with E-state index in [0.717, 1.165) is 11.5 Å². The number of ether oxygens (including phenoxy) is 4. The van der Waals surface area contributed by atoms with Gasteiger partial charge in [-0.15, -0.1) is 0 Å². The molecule has 0 N–H and O–H groups in total. The van der Waals surface area contributed by atoms with Gasteiger partial charge >= 0.3 is 0 Å². The number of hydrogen-bond acceptors (Lipinski definition) is 5. The molecule has 148 valence electrons. The normalized spacial score (nSPS) is 17.2. The lowest BCUT2D eigenvalue weighted by atomic mass is 10.1. The van der Waals surface area contributed by atoms with Crippen LogP contribution in [0.2, 0.25) is 10.0 Å². The second-order valence-electron chi connectivity index (χ2n) is 6.41. The van der Waals surface area contributed by atoms with E-state index in [4.69, 9.17) is 42.1 Å². The molecule has 0 aromatic heterocycles. The number of carbonyl (C=O) groups excluding carboxylic acids is 1. The number of halogens is 2. The molecule has 0 unspecified atom stereocenters. The molecule has 1 saturated heterocycles. The summed E-state index contributed by atoms with van der Waals surface area (Å²) < 4.78 is 22.3. The fraction of sp³-hybridized carbons (Fsp3) is 0.350. The Labute approximate surface area is 172 Å². The van der Waals surface area contributed by atoms with Crippen molar-refractivity contribution in [2.24, 2.45) is 0 Å². The number of nitrogens with zero attached hydrogens (tertiary/aromatic N) is 1. The minimum Gasteiger partial charge on any atom is -0.497 e. The van der Waals surface area contributed by atoms with Gasteiger partial charge in [0.15, 0.2) is 0 Å². The van der Waals surface area contributed by atoms with Gasteiger partial charge in [0.25, 0.3) is 11.7 Å². The number of benzene rings is 2. The maximum atomic E-state index is 13.1. The molecule has 1 amide bonds. The van der Waals surface area contributed by atoms with Crippen LogP contribution in [0.25, 0.3) is 0 Å². The minimum absolute atomic E-state index is 0.284. The van der Waals surface area contributed by atoms with Gasteiger partial charge in [-0.25, -0.2) is 0 Å². The zero-order chi connectivity index (χ0) is 19.7. The summed E-state index contributed by atoms with van der Waals surface area (Å²) in [4.78, 5) is 14.7. The number of fused-ring (bicyclic) bond motifs is 2. The van der Waals surface area contributed by atoms with Gasteiger partial charge in [0, 0.05) is 12.1 Å². The smallest absolute Gasteiger partial charge is 0.292 e. The van der Waals surface area contributed by atoms with E-state index in [-0.39, 0.29) is 5.91 Å². The van der Waals surface area contributed by atoms with Crippen LogP contribution in [0.4, 0.5) is 5.69 Å². The van der Waals surface area contributed by atoms with E-state index in [0.29, 0.717) is 54.1 Å². The van der Waals surface area contributed by atoms with Crippen molar-refractivity contribution in [2.45, 2.75) is 12.2 Å². The molecule has 8 heteroatoms. The van der Waals surface area contributed by atoms with Gasteiger partial charge in [-0.05, 0) is 42.8 Å². The number of amides is 1. The Kier molecular flexibility index (Phi) is 5.38. The molecule has 2 aromatic carbocycles. The first-order valence-electron chi connectivity index (χ1n) is 8.92. The third-order valence-electron chi connectivity index (χ3n) is 4.77. The summed E-state index contributed by atoms with van der Waals surface area (Å²) >= 11 is 12.6. The van der Waals surface area contributed by atoms with Gasteiger partial charge in [-0.3, -0.25) is 4.79 Å². The third-order valence-corrected chi connectivity index (χ3v) is 5.56. The van der Waals surface area contributed by atoms with Crippen molar-refractivity contribution in [3.63, 3.8) is 0 Å². The van der Waals surface area contributed by atoms with Gasteiger partial charge in [0.1, 0.15) is 11.5 Å². The second kappa shape index (κ2) is 7.79. The first-order chi connectivity index (χ1) is 13.6. The van der Waals surface area contributed by atoms with Crippen molar-refractivity contribution in [3.8, 4) is 11.5 Å². The molecule has 0 saturated carbocycles. The fourth-order valence-electron chi connectivity index (χ4n) is 3.45. The first kappa shape index (κ1) is 19.3. The standard InChI is InChI=1S/C20H19Cl2NO5/c1-25-13-3-5-14(6-4-13)26-10-2-9-23-18-15(7-8-16(21)17(18)22)20(19(23)24)27-11-12-28-20/h3-8H,2,9-12H2,1H3.